The molecular weight excluding hydrogens is 285 g/mol. The molecule has 5 heteroatoms. The first-order valence-electron chi connectivity index (χ1n) is 6.65. The molecule has 0 atom stereocenters. The normalized spacial score (nSPS) is 10.6. The summed E-state index contributed by atoms with van der Waals surface area (Å²) in [5.74, 6) is -1.14. The molecule has 0 bridgehead atoms. The smallest absolute Gasteiger partial charge is 0.291 e. The molecule has 3 rings (SSSR count). The Morgan fingerprint density at radius 2 is 1.91 bits per heavy atom. The maximum atomic E-state index is 13.5. The van der Waals surface area contributed by atoms with Gasteiger partial charge in [-0.05, 0) is 36.8 Å². The van der Waals surface area contributed by atoms with Crippen molar-refractivity contribution in [3.8, 4) is 0 Å². The summed E-state index contributed by atoms with van der Waals surface area (Å²) in [6.07, 6.45) is 0. The molecule has 1 N–H and O–H groups in total. The van der Waals surface area contributed by atoms with Gasteiger partial charge < -0.3 is 9.73 Å². The first-order chi connectivity index (χ1) is 10.5. The van der Waals surface area contributed by atoms with Crippen molar-refractivity contribution in [1.82, 2.24) is 0 Å². The molecule has 2 aromatic carbocycles. The number of rotatable bonds is 2. The molecule has 22 heavy (non-hydrogen) atoms. The van der Waals surface area contributed by atoms with E-state index in [0.29, 0.717) is 22.2 Å². The van der Waals surface area contributed by atoms with E-state index in [1.807, 2.05) is 0 Å². The van der Waals surface area contributed by atoms with E-state index in [9.17, 15) is 14.0 Å². The summed E-state index contributed by atoms with van der Waals surface area (Å²) in [4.78, 5) is 24.1. The molecule has 1 aromatic heterocycles. The molecule has 3 aromatic rings. The van der Waals surface area contributed by atoms with Gasteiger partial charge in [-0.15, -0.1) is 0 Å². The molecule has 0 aliphatic rings. The number of hydrogen-bond acceptors (Lipinski definition) is 3. The van der Waals surface area contributed by atoms with Gasteiger partial charge in [-0.3, -0.25) is 9.59 Å². The van der Waals surface area contributed by atoms with Crippen molar-refractivity contribution in [1.29, 1.82) is 0 Å². The number of para-hydroxylation sites is 1. The maximum Gasteiger partial charge on any atom is 0.291 e. The monoisotopic (exact) mass is 297 g/mol. The van der Waals surface area contributed by atoms with E-state index in [0.717, 1.165) is 6.07 Å². The fourth-order valence-electron chi connectivity index (χ4n) is 2.08. The molecule has 1 amide bonds. The highest BCUT2D eigenvalue weighted by Crippen LogP contribution is 2.16. The molecule has 0 radical (unpaired) electrons. The van der Waals surface area contributed by atoms with E-state index >= 15 is 0 Å². The highest BCUT2D eigenvalue weighted by Gasteiger charge is 2.13. The van der Waals surface area contributed by atoms with Crippen LogP contribution in [0.15, 0.2) is 57.7 Å². The van der Waals surface area contributed by atoms with Gasteiger partial charge in [0.05, 0.1) is 5.39 Å². The average molecular weight is 297 g/mol. The van der Waals surface area contributed by atoms with Crippen LogP contribution in [0, 0.1) is 12.7 Å². The van der Waals surface area contributed by atoms with Crippen LogP contribution in [-0.4, -0.2) is 5.91 Å². The molecule has 0 spiro atoms. The lowest BCUT2D eigenvalue weighted by molar-refractivity contribution is 0.0997. The number of carbonyl (C=O) groups excluding carboxylic acids is 1. The van der Waals surface area contributed by atoms with Crippen molar-refractivity contribution < 1.29 is 13.6 Å². The van der Waals surface area contributed by atoms with Crippen LogP contribution in [0.25, 0.3) is 11.0 Å². The Kier molecular flexibility index (Phi) is 3.47. The molecule has 0 aliphatic carbocycles. The molecule has 110 valence electrons. The Balaban J connectivity index is 1.95. The zero-order valence-electron chi connectivity index (χ0n) is 11.7. The quantitative estimate of drug-likeness (QED) is 0.787. The van der Waals surface area contributed by atoms with Gasteiger partial charge in [-0.2, -0.15) is 0 Å². The van der Waals surface area contributed by atoms with Crippen molar-refractivity contribution >= 4 is 22.6 Å². The van der Waals surface area contributed by atoms with Gasteiger partial charge in [-0.25, -0.2) is 4.39 Å². The molecule has 0 saturated heterocycles. The predicted octanol–water partition coefficient (Wildman–Crippen LogP) is 3.49. The molecule has 0 fully saturated rings. The van der Waals surface area contributed by atoms with Crippen LogP contribution in [-0.2, 0) is 0 Å². The summed E-state index contributed by atoms with van der Waals surface area (Å²) >= 11 is 0. The lowest BCUT2D eigenvalue weighted by atomic mass is 10.2. The van der Waals surface area contributed by atoms with E-state index in [1.54, 1.807) is 43.3 Å². The summed E-state index contributed by atoms with van der Waals surface area (Å²) in [6.45, 7) is 1.63. The van der Waals surface area contributed by atoms with Gasteiger partial charge in [0, 0.05) is 11.8 Å². The van der Waals surface area contributed by atoms with Crippen molar-refractivity contribution in [3.05, 3.63) is 75.9 Å². The molecule has 0 aliphatic heterocycles. The molecular formula is C17H12FNO3. The standard InChI is InChI=1S/C17H12FNO3/c1-10-6-7-11(8-13(10)18)19-17(21)16-9-14(20)12-4-2-3-5-15(12)22-16/h2-9H,1H3,(H,19,21). The second-order valence-electron chi connectivity index (χ2n) is 4.89. The number of benzene rings is 2. The van der Waals surface area contributed by atoms with Gasteiger partial charge in [0.15, 0.2) is 11.2 Å². The second-order valence-corrected chi connectivity index (χ2v) is 4.89. The van der Waals surface area contributed by atoms with Gasteiger partial charge >= 0.3 is 0 Å². The van der Waals surface area contributed by atoms with Crippen LogP contribution in [0.4, 0.5) is 10.1 Å². The highest BCUT2D eigenvalue weighted by molar-refractivity contribution is 6.02. The Hall–Kier alpha value is -2.95. The number of amides is 1. The Morgan fingerprint density at radius 1 is 1.14 bits per heavy atom. The minimum Gasteiger partial charge on any atom is -0.451 e. The van der Waals surface area contributed by atoms with Crippen LogP contribution in [0.1, 0.15) is 16.1 Å². The molecule has 1 heterocycles. The van der Waals surface area contributed by atoms with Crippen LogP contribution >= 0.6 is 0 Å². The SMILES string of the molecule is Cc1ccc(NC(=O)c2cc(=O)c3ccccc3o2)cc1F. The van der Waals surface area contributed by atoms with E-state index < -0.39 is 11.7 Å². The zero-order valence-corrected chi connectivity index (χ0v) is 11.7. The average Bonchev–Trinajstić information content (AvgIpc) is 2.51. The van der Waals surface area contributed by atoms with E-state index in [2.05, 4.69) is 5.32 Å². The molecule has 4 nitrogen and oxygen atoms in total. The van der Waals surface area contributed by atoms with Crippen molar-refractivity contribution in [2.45, 2.75) is 6.92 Å². The number of fused-ring (bicyclic) bond motifs is 1. The highest BCUT2D eigenvalue weighted by atomic mass is 19.1. The number of anilines is 1. The zero-order chi connectivity index (χ0) is 15.7. The summed E-state index contributed by atoms with van der Waals surface area (Å²) in [7, 11) is 0. The van der Waals surface area contributed by atoms with E-state index in [-0.39, 0.29) is 11.2 Å². The van der Waals surface area contributed by atoms with E-state index in [1.165, 1.54) is 6.07 Å². The number of aryl methyl sites for hydroxylation is 1. The van der Waals surface area contributed by atoms with Crippen LogP contribution in [0.2, 0.25) is 0 Å². The van der Waals surface area contributed by atoms with Crippen molar-refractivity contribution in [2.75, 3.05) is 5.32 Å². The maximum absolute atomic E-state index is 13.5. The largest absolute Gasteiger partial charge is 0.451 e. The van der Waals surface area contributed by atoms with Gasteiger partial charge in [0.1, 0.15) is 11.4 Å². The number of nitrogens with one attached hydrogen (secondary N) is 1. The van der Waals surface area contributed by atoms with Gasteiger partial charge in [0.25, 0.3) is 5.91 Å². The summed E-state index contributed by atoms with van der Waals surface area (Å²) in [5.41, 5.74) is 0.802. The van der Waals surface area contributed by atoms with E-state index in [4.69, 9.17) is 4.42 Å². The number of hydrogen-bond donors (Lipinski definition) is 1. The minimum absolute atomic E-state index is 0.121. The fourth-order valence-corrected chi connectivity index (χ4v) is 2.08. The van der Waals surface area contributed by atoms with Crippen molar-refractivity contribution in [2.24, 2.45) is 0 Å². The minimum atomic E-state index is -0.605. The number of carbonyl (C=O) groups is 1. The first kappa shape index (κ1) is 14.0. The topological polar surface area (TPSA) is 59.3 Å². The Labute approximate surface area is 125 Å². The molecule has 0 unspecified atom stereocenters. The van der Waals surface area contributed by atoms with Crippen LogP contribution in [0.5, 0.6) is 0 Å². The van der Waals surface area contributed by atoms with Gasteiger partial charge in [-0.1, -0.05) is 18.2 Å². The lowest BCUT2D eigenvalue weighted by Crippen LogP contribution is -2.15. The predicted molar refractivity (Wildman–Crippen MR) is 81.6 cm³/mol. The van der Waals surface area contributed by atoms with Crippen molar-refractivity contribution in [3.63, 3.8) is 0 Å². The Morgan fingerprint density at radius 3 is 2.68 bits per heavy atom. The fraction of sp³-hybridized carbons (Fsp3) is 0.0588. The Bertz CT molecular complexity index is 931. The third-order valence-corrected chi connectivity index (χ3v) is 3.29. The summed E-state index contributed by atoms with van der Waals surface area (Å²) in [5, 5.41) is 2.91. The van der Waals surface area contributed by atoms with Crippen LogP contribution in [0.3, 0.4) is 0 Å². The van der Waals surface area contributed by atoms with Crippen LogP contribution < -0.4 is 10.7 Å². The third kappa shape index (κ3) is 2.61. The lowest BCUT2D eigenvalue weighted by Gasteiger charge is -2.06. The second kappa shape index (κ2) is 5.44. The summed E-state index contributed by atoms with van der Waals surface area (Å²) < 4.78 is 18.9. The first-order valence-corrected chi connectivity index (χ1v) is 6.65. The molecule has 0 saturated carbocycles. The van der Waals surface area contributed by atoms with Gasteiger partial charge in [0.2, 0.25) is 0 Å². The number of halogens is 1. The summed E-state index contributed by atoms with van der Waals surface area (Å²) in [6, 6.07) is 12.1. The third-order valence-electron chi connectivity index (χ3n) is 3.29.